The van der Waals surface area contributed by atoms with E-state index in [2.05, 4.69) is 36.3 Å². The average Bonchev–Trinajstić information content (AvgIpc) is 2.86. The van der Waals surface area contributed by atoms with Crippen LogP contribution >= 0.6 is 11.3 Å². The quantitative estimate of drug-likeness (QED) is 0.914. The van der Waals surface area contributed by atoms with Crippen LogP contribution in [-0.2, 0) is 16.0 Å². The Morgan fingerprint density at radius 3 is 2.89 bits per heavy atom. The normalized spacial score (nSPS) is 20.1. The van der Waals surface area contributed by atoms with Crippen LogP contribution in [0, 0.1) is 5.41 Å². The lowest BCUT2D eigenvalue weighted by molar-refractivity contribution is -0.124. The Bertz CT molecular complexity index is 419. The van der Waals surface area contributed by atoms with Crippen molar-refractivity contribution in [1.29, 1.82) is 0 Å². The third kappa shape index (κ3) is 3.74. The van der Waals surface area contributed by atoms with E-state index in [1.165, 1.54) is 11.3 Å². The smallest absolute Gasteiger partial charge is 0.255 e. The van der Waals surface area contributed by atoms with Gasteiger partial charge in [-0.25, -0.2) is 0 Å². The summed E-state index contributed by atoms with van der Waals surface area (Å²) in [5.41, 5.74) is 0.176. The fourth-order valence-corrected chi connectivity index (χ4v) is 2.84. The van der Waals surface area contributed by atoms with E-state index in [1.54, 1.807) is 0 Å². The molecule has 1 amide bonds. The van der Waals surface area contributed by atoms with E-state index in [1.807, 2.05) is 0 Å². The Morgan fingerprint density at radius 1 is 1.50 bits per heavy atom. The van der Waals surface area contributed by atoms with Crippen molar-refractivity contribution in [2.24, 2.45) is 5.41 Å². The topological polar surface area (TPSA) is 64.1 Å². The molecule has 1 atom stereocenters. The zero-order chi connectivity index (χ0) is 13.2. The predicted molar refractivity (Wildman–Crippen MR) is 70.7 cm³/mol. The average molecular weight is 269 g/mol. The Kier molecular flexibility index (Phi) is 3.97. The molecule has 1 fully saturated rings. The summed E-state index contributed by atoms with van der Waals surface area (Å²) in [5.74, 6) is -0.106. The van der Waals surface area contributed by atoms with Crippen molar-refractivity contribution in [3.05, 3.63) is 5.01 Å². The minimum Gasteiger partial charge on any atom is -0.368 e. The fourth-order valence-electron chi connectivity index (χ4n) is 1.80. The number of nitrogens with zero attached hydrogens (tertiary/aromatic N) is 2. The summed E-state index contributed by atoms with van der Waals surface area (Å²) in [7, 11) is 0. The van der Waals surface area contributed by atoms with Crippen LogP contribution < -0.4 is 5.32 Å². The Balaban J connectivity index is 1.92. The molecule has 5 nitrogen and oxygen atoms in total. The van der Waals surface area contributed by atoms with Gasteiger partial charge in [-0.2, -0.15) is 0 Å². The van der Waals surface area contributed by atoms with Crippen molar-refractivity contribution in [2.45, 2.75) is 46.1 Å². The van der Waals surface area contributed by atoms with Crippen LogP contribution in [0.3, 0.4) is 0 Å². The molecule has 1 saturated heterocycles. The van der Waals surface area contributed by atoms with Crippen LogP contribution in [0.15, 0.2) is 0 Å². The zero-order valence-electron chi connectivity index (χ0n) is 11.0. The molecule has 1 aromatic rings. The number of ether oxygens (including phenoxy) is 1. The van der Waals surface area contributed by atoms with E-state index in [0.29, 0.717) is 11.7 Å². The van der Waals surface area contributed by atoms with Crippen molar-refractivity contribution in [2.75, 3.05) is 11.9 Å². The van der Waals surface area contributed by atoms with Crippen LogP contribution in [0.1, 0.15) is 38.6 Å². The van der Waals surface area contributed by atoms with E-state index in [9.17, 15) is 4.79 Å². The molecule has 1 N–H and O–H groups in total. The second-order valence-electron chi connectivity index (χ2n) is 5.73. The van der Waals surface area contributed by atoms with Gasteiger partial charge in [-0.15, -0.1) is 10.2 Å². The van der Waals surface area contributed by atoms with Crippen LogP contribution in [0.5, 0.6) is 0 Å². The molecule has 1 aromatic heterocycles. The highest BCUT2D eigenvalue weighted by atomic mass is 32.1. The van der Waals surface area contributed by atoms with Gasteiger partial charge in [-0.1, -0.05) is 32.1 Å². The van der Waals surface area contributed by atoms with Gasteiger partial charge < -0.3 is 4.74 Å². The van der Waals surface area contributed by atoms with Gasteiger partial charge in [-0.05, 0) is 18.3 Å². The minimum atomic E-state index is -0.319. The maximum atomic E-state index is 11.8. The summed E-state index contributed by atoms with van der Waals surface area (Å²) in [6, 6.07) is 0. The van der Waals surface area contributed by atoms with Gasteiger partial charge in [0.1, 0.15) is 11.1 Å². The monoisotopic (exact) mass is 269 g/mol. The minimum absolute atomic E-state index is 0.106. The molecule has 0 radical (unpaired) electrons. The third-order valence-electron chi connectivity index (χ3n) is 2.60. The van der Waals surface area contributed by atoms with Crippen molar-refractivity contribution >= 4 is 22.4 Å². The van der Waals surface area contributed by atoms with Crippen LogP contribution in [0.4, 0.5) is 5.13 Å². The van der Waals surface area contributed by atoms with Gasteiger partial charge in [0.15, 0.2) is 0 Å². The fraction of sp³-hybridized carbons (Fsp3) is 0.750. The maximum Gasteiger partial charge on any atom is 0.255 e. The van der Waals surface area contributed by atoms with Crippen molar-refractivity contribution < 1.29 is 9.53 Å². The number of carbonyl (C=O) groups is 1. The molecule has 18 heavy (non-hydrogen) atoms. The summed E-state index contributed by atoms with van der Waals surface area (Å²) in [5, 5.41) is 12.4. The number of hydrogen-bond acceptors (Lipinski definition) is 5. The van der Waals surface area contributed by atoms with Gasteiger partial charge >= 0.3 is 0 Å². The molecular formula is C12H19N3O2S. The zero-order valence-corrected chi connectivity index (χ0v) is 11.8. The molecule has 2 heterocycles. The molecule has 1 aliphatic rings. The molecule has 100 valence electrons. The highest BCUT2D eigenvalue weighted by Gasteiger charge is 2.24. The first-order chi connectivity index (χ1) is 8.44. The Hall–Kier alpha value is -1.01. The number of anilines is 1. The third-order valence-corrected chi connectivity index (χ3v) is 3.44. The second kappa shape index (κ2) is 5.32. The van der Waals surface area contributed by atoms with E-state index >= 15 is 0 Å². The largest absolute Gasteiger partial charge is 0.368 e. The molecule has 1 aliphatic heterocycles. The van der Waals surface area contributed by atoms with E-state index in [4.69, 9.17) is 4.74 Å². The van der Waals surface area contributed by atoms with Gasteiger partial charge in [0, 0.05) is 13.0 Å². The van der Waals surface area contributed by atoms with Gasteiger partial charge in [0.25, 0.3) is 5.91 Å². The lowest BCUT2D eigenvalue weighted by Crippen LogP contribution is -2.26. The molecule has 0 bridgehead atoms. The van der Waals surface area contributed by atoms with Crippen LogP contribution in [-0.4, -0.2) is 28.8 Å². The van der Waals surface area contributed by atoms with E-state index < -0.39 is 0 Å². The molecule has 1 unspecified atom stereocenters. The number of amides is 1. The standard InChI is InChI=1S/C12H19N3O2S/c1-12(2,3)7-9-14-15-11(18-9)13-10(16)8-5-4-6-17-8/h8H,4-7H2,1-3H3,(H,13,15,16). The number of hydrogen-bond donors (Lipinski definition) is 1. The van der Waals surface area contributed by atoms with E-state index in [-0.39, 0.29) is 17.4 Å². The summed E-state index contributed by atoms with van der Waals surface area (Å²) in [4.78, 5) is 11.8. The van der Waals surface area contributed by atoms with Crippen LogP contribution in [0.2, 0.25) is 0 Å². The van der Waals surface area contributed by atoms with Gasteiger partial charge in [0.05, 0.1) is 0 Å². The number of nitrogens with one attached hydrogen (secondary N) is 1. The summed E-state index contributed by atoms with van der Waals surface area (Å²) >= 11 is 1.44. The maximum absolute atomic E-state index is 11.8. The van der Waals surface area contributed by atoms with Gasteiger partial charge in [-0.3, -0.25) is 10.1 Å². The van der Waals surface area contributed by atoms with E-state index in [0.717, 1.165) is 24.3 Å². The SMILES string of the molecule is CC(C)(C)Cc1nnc(NC(=O)C2CCCO2)s1. The lowest BCUT2D eigenvalue weighted by atomic mass is 9.93. The number of rotatable bonds is 3. The molecule has 2 rings (SSSR count). The highest BCUT2D eigenvalue weighted by molar-refractivity contribution is 7.15. The van der Waals surface area contributed by atoms with Crippen LogP contribution in [0.25, 0.3) is 0 Å². The Labute approximate surface area is 111 Å². The summed E-state index contributed by atoms with van der Waals surface area (Å²) in [6.45, 7) is 7.13. The molecule has 0 aliphatic carbocycles. The number of carbonyl (C=O) groups excluding carboxylic acids is 1. The second-order valence-corrected chi connectivity index (χ2v) is 6.79. The van der Waals surface area contributed by atoms with Gasteiger partial charge in [0.2, 0.25) is 5.13 Å². The predicted octanol–water partition coefficient (Wildman–Crippen LogP) is 2.24. The molecule has 0 spiro atoms. The van der Waals surface area contributed by atoms with Crippen molar-refractivity contribution in [1.82, 2.24) is 10.2 Å². The summed E-state index contributed by atoms with van der Waals surface area (Å²) < 4.78 is 5.32. The molecule has 0 saturated carbocycles. The molecular weight excluding hydrogens is 250 g/mol. The first-order valence-corrected chi connectivity index (χ1v) is 7.00. The number of aromatic nitrogens is 2. The lowest BCUT2D eigenvalue weighted by Gasteiger charge is -2.14. The molecule has 0 aromatic carbocycles. The first-order valence-electron chi connectivity index (χ1n) is 6.19. The Morgan fingerprint density at radius 2 is 2.28 bits per heavy atom. The highest BCUT2D eigenvalue weighted by Crippen LogP contribution is 2.25. The summed E-state index contributed by atoms with van der Waals surface area (Å²) in [6.07, 6.45) is 2.28. The van der Waals surface area contributed by atoms with Crippen molar-refractivity contribution in [3.8, 4) is 0 Å². The molecule has 6 heteroatoms. The van der Waals surface area contributed by atoms with Crippen molar-refractivity contribution in [3.63, 3.8) is 0 Å². The first kappa shape index (κ1) is 13.4.